The lowest BCUT2D eigenvalue weighted by molar-refractivity contribution is 0.0953. The van der Waals surface area contributed by atoms with Gasteiger partial charge in [-0.15, -0.1) is 0 Å². The number of amides is 1. The fraction of sp³-hybridized carbons (Fsp3) is 0.333. The summed E-state index contributed by atoms with van der Waals surface area (Å²) in [5.74, 6) is 0.912. The number of benzene rings is 2. The zero-order valence-corrected chi connectivity index (χ0v) is 16.2. The Morgan fingerprint density at radius 3 is 2.89 bits per heavy atom. The van der Waals surface area contributed by atoms with Gasteiger partial charge in [0.15, 0.2) is 0 Å². The van der Waals surface area contributed by atoms with Gasteiger partial charge >= 0.3 is 0 Å². The van der Waals surface area contributed by atoms with E-state index in [0.717, 1.165) is 36.2 Å². The van der Waals surface area contributed by atoms with Gasteiger partial charge in [-0.05, 0) is 43.7 Å². The smallest absolute Gasteiger partial charge is 0.251 e. The van der Waals surface area contributed by atoms with E-state index in [1.54, 1.807) is 24.3 Å². The first kappa shape index (κ1) is 19.4. The molecule has 1 amide bonds. The summed E-state index contributed by atoms with van der Waals surface area (Å²) < 4.78 is 7.72. The quantitative estimate of drug-likeness (QED) is 0.564. The first-order valence-corrected chi connectivity index (χ1v) is 9.62. The molecule has 3 rings (SSSR count). The summed E-state index contributed by atoms with van der Waals surface area (Å²) in [5, 5.41) is 3.50. The minimum Gasteiger partial charge on any atom is -0.380 e. The van der Waals surface area contributed by atoms with Crippen molar-refractivity contribution in [1.82, 2.24) is 14.9 Å². The molecule has 1 N–H and O–H groups in total. The van der Waals surface area contributed by atoms with Crippen molar-refractivity contribution in [3.05, 3.63) is 64.9 Å². The molecule has 27 heavy (non-hydrogen) atoms. The lowest BCUT2D eigenvalue weighted by atomic mass is 10.2. The monoisotopic (exact) mass is 385 g/mol. The highest BCUT2D eigenvalue weighted by molar-refractivity contribution is 6.30. The van der Waals surface area contributed by atoms with Gasteiger partial charge in [-0.1, -0.05) is 29.8 Å². The Balaban J connectivity index is 1.59. The molecule has 0 atom stereocenters. The van der Waals surface area contributed by atoms with Gasteiger partial charge in [-0.3, -0.25) is 4.79 Å². The van der Waals surface area contributed by atoms with Crippen LogP contribution in [0, 0.1) is 0 Å². The number of rotatable bonds is 9. The highest BCUT2D eigenvalue weighted by Crippen LogP contribution is 2.17. The van der Waals surface area contributed by atoms with E-state index in [2.05, 4.69) is 16.0 Å². The van der Waals surface area contributed by atoms with E-state index in [1.807, 2.05) is 25.1 Å². The van der Waals surface area contributed by atoms with Crippen molar-refractivity contribution < 1.29 is 9.53 Å². The first-order chi connectivity index (χ1) is 13.2. The summed E-state index contributed by atoms with van der Waals surface area (Å²) in [6, 6.07) is 15.1. The number of carbonyl (C=O) groups is 1. The number of fused-ring (bicyclic) bond motifs is 1. The van der Waals surface area contributed by atoms with Crippen molar-refractivity contribution in [3.8, 4) is 0 Å². The number of hydrogen-bond donors (Lipinski definition) is 1. The highest BCUT2D eigenvalue weighted by Gasteiger charge is 2.11. The molecule has 0 bridgehead atoms. The van der Waals surface area contributed by atoms with E-state index in [1.165, 1.54) is 0 Å². The Morgan fingerprint density at radius 2 is 2.07 bits per heavy atom. The molecule has 0 saturated carbocycles. The van der Waals surface area contributed by atoms with Crippen LogP contribution in [0.3, 0.4) is 0 Å². The van der Waals surface area contributed by atoms with E-state index < -0.39 is 0 Å². The van der Waals surface area contributed by atoms with Crippen molar-refractivity contribution in [3.63, 3.8) is 0 Å². The largest absolute Gasteiger partial charge is 0.380 e. The van der Waals surface area contributed by atoms with Crippen LogP contribution < -0.4 is 5.32 Å². The van der Waals surface area contributed by atoms with Crippen LogP contribution in [0.2, 0.25) is 5.02 Å². The second kappa shape index (κ2) is 9.53. The van der Waals surface area contributed by atoms with Gasteiger partial charge in [0.25, 0.3) is 5.91 Å². The first-order valence-electron chi connectivity index (χ1n) is 9.24. The lowest BCUT2D eigenvalue weighted by Gasteiger charge is -2.10. The maximum absolute atomic E-state index is 12.2. The molecule has 2 aromatic carbocycles. The summed E-state index contributed by atoms with van der Waals surface area (Å²) in [6.07, 6.45) is 1.60. The number of nitrogens with one attached hydrogen (secondary N) is 1. The number of halogens is 1. The maximum Gasteiger partial charge on any atom is 0.251 e. The normalized spacial score (nSPS) is 11.0. The molecule has 1 heterocycles. The molecule has 6 heteroatoms. The SMILES string of the molecule is CCOCCn1c(CCCNC(=O)c2cccc(Cl)c2)nc2ccccc21. The number of hydrogen-bond acceptors (Lipinski definition) is 3. The van der Waals surface area contributed by atoms with Crippen molar-refractivity contribution in [2.75, 3.05) is 19.8 Å². The number of nitrogens with zero attached hydrogens (tertiary/aromatic N) is 2. The molecular formula is C21H24ClN3O2. The number of carbonyl (C=O) groups excluding carboxylic acids is 1. The molecule has 142 valence electrons. The van der Waals surface area contributed by atoms with Crippen LogP contribution in [0.25, 0.3) is 11.0 Å². The third kappa shape index (κ3) is 5.08. The highest BCUT2D eigenvalue weighted by atomic mass is 35.5. The van der Waals surface area contributed by atoms with Crippen LogP contribution in [0.1, 0.15) is 29.5 Å². The fourth-order valence-electron chi connectivity index (χ4n) is 3.05. The number of aryl methyl sites for hydroxylation is 1. The summed E-state index contributed by atoms with van der Waals surface area (Å²) in [5.41, 5.74) is 2.69. The summed E-state index contributed by atoms with van der Waals surface area (Å²) in [4.78, 5) is 16.9. The molecule has 0 radical (unpaired) electrons. The van der Waals surface area contributed by atoms with Gasteiger partial charge in [-0.2, -0.15) is 0 Å². The van der Waals surface area contributed by atoms with Crippen LogP contribution in [-0.4, -0.2) is 35.2 Å². The van der Waals surface area contributed by atoms with Gasteiger partial charge < -0.3 is 14.6 Å². The number of aromatic nitrogens is 2. The Kier molecular flexibility index (Phi) is 6.85. The molecular weight excluding hydrogens is 362 g/mol. The Bertz CT molecular complexity index is 907. The second-order valence-electron chi connectivity index (χ2n) is 6.24. The second-order valence-corrected chi connectivity index (χ2v) is 6.67. The predicted octanol–water partition coefficient (Wildman–Crippen LogP) is 4.09. The summed E-state index contributed by atoms with van der Waals surface area (Å²) in [6.45, 7) is 4.72. The van der Waals surface area contributed by atoms with Crippen molar-refractivity contribution >= 4 is 28.5 Å². The van der Waals surface area contributed by atoms with E-state index in [-0.39, 0.29) is 5.91 Å². The molecule has 0 aliphatic rings. The van der Waals surface area contributed by atoms with Crippen molar-refractivity contribution in [2.45, 2.75) is 26.3 Å². The predicted molar refractivity (Wildman–Crippen MR) is 108 cm³/mol. The van der Waals surface area contributed by atoms with Crippen LogP contribution in [0.15, 0.2) is 48.5 Å². The molecule has 1 aromatic heterocycles. The lowest BCUT2D eigenvalue weighted by Crippen LogP contribution is -2.25. The minimum atomic E-state index is -0.109. The summed E-state index contributed by atoms with van der Waals surface area (Å²) in [7, 11) is 0. The third-order valence-electron chi connectivity index (χ3n) is 4.35. The molecule has 0 aliphatic carbocycles. The van der Waals surface area contributed by atoms with E-state index in [9.17, 15) is 4.79 Å². The average molecular weight is 386 g/mol. The van der Waals surface area contributed by atoms with E-state index in [4.69, 9.17) is 21.3 Å². The fourth-order valence-corrected chi connectivity index (χ4v) is 3.24. The molecule has 0 spiro atoms. The van der Waals surface area contributed by atoms with Crippen LogP contribution in [0.4, 0.5) is 0 Å². The van der Waals surface area contributed by atoms with Crippen molar-refractivity contribution in [1.29, 1.82) is 0 Å². The standard InChI is InChI=1S/C21H24ClN3O2/c1-2-27-14-13-25-19-10-4-3-9-18(19)24-20(25)11-6-12-23-21(26)16-7-5-8-17(22)15-16/h3-5,7-10,15H,2,6,11-14H2,1H3,(H,23,26). The number of ether oxygens (including phenoxy) is 1. The van der Waals surface area contributed by atoms with Gasteiger partial charge in [0, 0.05) is 36.7 Å². The van der Waals surface area contributed by atoms with Gasteiger partial charge in [0.2, 0.25) is 0 Å². The van der Waals surface area contributed by atoms with Crippen LogP contribution >= 0.6 is 11.6 Å². The Labute approximate surface area is 164 Å². The topological polar surface area (TPSA) is 56.1 Å². The van der Waals surface area contributed by atoms with E-state index >= 15 is 0 Å². The van der Waals surface area contributed by atoms with E-state index in [0.29, 0.717) is 30.3 Å². The third-order valence-corrected chi connectivity index (χ3v) is 4.58. The molecule has 0 aliphatic heterocycles. The molecule has 0 saturated heterocycles. The minimum absolute atomic E-state index is 0.109. The number of para-hydroxylation sites is 2. The molecule has 5 nitrogen and oxygen atoms in total. The zero-order valence-electron chi connectivity index (χ0n) is 15.5. The van der Waals surface area contributed by atoms with Crippen molar-refractivity contribution in [2.24, 2.45) is 0 Å². The van der Waals surface area contributed by atoms with Gasteiger partial charge in [-0.25, -0.2) is 4.98 Å². The van der Waals surface area contributed by atoms with Crippen LogP contribution in [0.5, 0.6) is 0 Å². The molecule has 3 aromatic rings. The molecule has 0 fully saturated rings. The Morgan fingerprint density at radius 1 is 1.22 bits per heavy atom. The van der Waals surface area contributed by atoms with Crippen LogP contribution in [-0.2, 0) is 17.7 Å². The average Bonchev–Trinajstić information content (AvgIpc) is 3.03. The summed E-state index contributed by atoms with van der Waals surface area (Å²) >= 11 is 5.94. The number of imidazole rings is 1. The van der Waals surface area contributed by atoms with Gasteiger partial charge in [0.05, 0.1) is 17.6 Å². The molecule has 0 unspecified atom stereocenters. The zero-order chi connectivity index (χ0) is 19.1. The van der Waals surface area contributed by atoms with Gasteiger partial charge in [0.1, 0.15) is 5.82 Å². The maximum atomic E-state index is 12.2. The Hall–Kier alpha value is -2.37.